The Bertz CT molecular complexity index is 356. The molecule has 0 saturated carbocycles. The number of benzene rings is 1. The smallest absolute Gasteiger partial charge is 0.165 e. The average Bonchev–Trinajstić information content (AvgIpc) is 2.32. The van der Waals surface area contributed by atoms with Crippen molar-refractivity contribution in [1.82, 2.24) is 5.32 Å². The molecule has 0 heterocycles. The highest BCUT2D eigenvalue weighted by Crippen LogP contribution is 2.15. The molecule has 4 heteroatoms. The molecule has 0 aliphatic rings. The highest BCUT2D eigenvalue weighted by atomic mass is 19.1. The van der Waals surface area contributed by atoms with Crippen molar-refractivity contribution in [2.24, 2.45) is 5.92 Å². The van der Waals surface area contributed by atoms with E-state index in [1.165, 1.54) is 12.1 Å². The van der Waals surface area contributed by atoms with Crippen LogP contribution < -0.4 is 5.32 Å². The van der Waals surface area contributed by atoms with Gasteiger partial charge in [-0.3, -0.25) is 0 Å². The molecule has 1 aromatic carbocycles. The Morgan fingerprint density at radius 2 is 2.11 bits per heavy atom. The molecule has 18 heavy (non-hydrogen) atoms. The van der Waals surface area contributed by atoms with Gasteiger partial charge in [-0.15, -0.1) is 0 Å². The molecule has 0 atom stereocenters. The van der Waals surface area contributed by atoms with Crippen LogP contribution in [0.25, 0.3) is 0 Å². The number of aromatic hydroxyl groups is 1. The second kappa shape index (κ2) is 8.06. The monoisotopic (exact) mass is 255 g/mol. The molecule has 0 radical (unpaired) electrons. The van der Waals surface area contributed by atoms with Gasteiger partial charge in [0.15, 0.2) is 11.6 Å². The fraction of sp³-hybridized carbons (Fsp3) is 0.571. The fourth-order valence-electron chi connectivity index (χ4n) is 1.46. The summed E-state index contributed by atoms with van der Waals surface area (Å²) in [4.78, 5) is 0. The van der Waals surface area contributed by atoms with E-state index in [4.69, 9.17) is 9.84 Å². The minimum Gasteiger partial charge on any atom is -0.505 e. The highest BCUT2D eigenvalue weighted by molar-refractivity contribution is 5.27. The number of phenolic OH excluding ortho intramolecular Hbond substituents is 1. The SMILES string of the molecule is CC(C)CCOCCNCc1ccc(O)c(F)c1. The number of rotatable bonds is 8. The first kappa shape index (κ1) is 14.9. The van der Waals surface area contributed by atoms with E-state index in [1.807, 2.05) is 0 Å². The van der Waals surface area contributed by atoms with Crippen LogP contribution in [0.4, 0.5) is 4.39 Å². The molecule has 1 rings (SSSR count). The Kier molecular flexibility index (Phi) is 6.68. The largest absolute Gasteiger partial charge is 0.505 e. The fourth-order valence-corrected chi connectivity index (χ4v) is 1.46. The summed E-state index contributed by atoms with van der Waals surface area (Å²) in [6, 6.07) is 4.40. The summed E-state index contributed by atoms with van der Waals surface area (Å²) < 4.78 is 18.5. The zero-order chi connectivity index (χ0) is 13.4. The summed E-state index contributed by atoms with van der Waals surface area (Å²) >= 11 is 0. The molecule has 1 aromatic rings. The van der Waals surface area contributed by atoms with Crippen LogP contribution in [0.2, 0.25) is 0 Å². The zero-order valence-electron chi connectivity index (χ0n) is 11.1. The first-order chi connectivity index (χ1) is 8.59. The average molecular weight is 255 g/mol. The van der Waals surface area contributed by atoms with E-state index in [-0.39, 0.29) is 5.75 Å². The third-order valence-electron chi connectivity index (χ3n) is 2.60. The van der Waals surface area contributed by atoms with E-state index in [9.17, 15) is 4.39 Å². The van der Waals surface area contributed by atoms with E-state index in [0.717, 1.165) is 25.1 Å². The summed E-state index contributed by atoms with van der Waals surface area (Å²) in [7, 11) is 0. The third-order valence-corrected chi connectivity index (χ3v) is 2.60. The lowest BCUT2D eigenvalue weighted by Gasteiger charge is -2.08. The Morgan fingerprint density at radius 1 is 1.33 bits per heavy atom. The summed E-state index contributed by atoms with van der Waals surface area (Å²) in [6.07, 6.45) is 1.07. The van der Waals surface area contributed by atoms with Gasteiger partial charge >= 0.3 is 0 Å². The van der Waals surface area contributed by atoms with Crippen molar-refractivity contribution in [2.45, 2.75) is 26.8 Å². The minimum atomic E-state index is -0.581. The molecule has 0 aliphatic heterocycles. The molecule has 0 spiro atoms. The Morgan fingerprint density at radius 3 is 2.78 bits per heavy atom. The van der Waals surface area contributed by atoms with Crippen molar-refractivity contribution in [2.75, 3.05) is 19.8 Å². The van der Waals surface area contributed by atoms with Crippen molar-refractivity contribution in [1.29, 1.82) is 0 Å². The van der Waals surface area contributed by atoms with Gasteiger partial charge in [-0.1, -0.05) is 19.9 Å². The molecule has 0 amide bonds. The number of hydrogen-bond donors (Lipinski definition) is 2. The molecule has 102 valence electrons. The summed E-state index contributed by atoms with van der Waals surface area (Å²) in [6.45, 7) is 7.09. The topological polar surface area (TPSA) is 41.5 Å². The maximum Gasteiger partial charge on any atom is 0.165 e. The molecule has 0 bridgehead atoms. The normalized spacial score (nSPS) is 11.1. The minimum absolute atomic E-state index is 0.309. The third kappa shape index (κ3) is 5.98. The maximum atomic E-state index is 13.0. The molecule has 0 saturated heterocycles. The van der Waals surface area contributed by atoms with Crippen LogP contribution in [0.15, 0.2) is 18.2 Å². The van der Waals surface area contributed by atoms with E-state index < -0.39 is 5.82 Å². The summed E-state index contributed by atoms with van der Waals surface area (Å²) in [5.74, 6) is -0.226. The predicted octanol–water partition coefficient (Wildman–Crippen LogP) is 2.68. The standard InChI is InChI=1S/C14H22FNO2/c1-11(2)5-7-18-8-6-16-10-12-3-4-14(17)13(15)9-12/h3-4,9,11,16-17H,5-8,10H2,1-2H3. The predicted molar refractivity (Wildman–Crippen MR) is 70.0 cm³/mol. The van der Waals surface area contributed by atoms with Crippen LogP contribution in [0, 0.1) is 11.7 Å². The molecular formula is C14H22FNO2. The van der Waals surface area contributed by atoms with E-state index >= 15 is 0 Å². The highest BCUT2D eigenvalue weighted by Gasteiger charge is 2.01. The molecule has 0 aromatic heterocycles. The molecule has 3 nitrogen and oxygen atoms in total. The van der Waals surface area contributed by atoms with Crippen LogP contribution >= 0.6 is 0 Å². The quantitative estimate of drug-likeness (QED) is 0.702. The second-order valence-corrected chi connectivity index (χ2v) is 4.76. The van der Waals surface area contributed by atoms with Crippen molar-refractivity contribution in [3.05, 3.63) is 29.6 Å². The van der Waals surface area contributed by atoms with Gasteiger partial charge in [-0.2, -0.15) is 0 Å². The lowest BCUT2D eigenvalue weighted by atomic mass is 10.1. The van der Waals surface area contributed by atoms with Gasteiger partial charge in [0.05, 0.1) is 6.61 Å². The van der Waals surface area contributed by atoms with E-state index in [1.54, 1.807) is 6.07 Å². The number of hydrogen-bond acceptors (Lipinski definition) is 3. The molecule has 0 unspecified atom stereocenters. The molecule has 0 aliphatic carbocycles. The number of phenols is 1. The van der Waals surface area contributed by atoms with Gasteiger partial charge in [0.25, 0.3) is 0 Å². The van der Waals surface area contributed by atoms with E-state index in [0.29, 0.717) is 19.1 Å². The second-order valence-electron chi connectivity index (χ2n) is 4.76. The lowest BCUT2D eigenvalue weighted by molar-refractivity contribution is 0.125. The Balaban J connectivity index is 2.09. The van der Waals surface area contributed by atoms with Crippen LogP contribution in [-0.4, -0.2) is 24.9 Å². The first-order valence-corrected chi connectivity index (χ1v) is 6.35. The van der Waals surface area contributed by atoms with Gasteiger partial charge in [0.2, 0.25) is 0 Å². The number of nitrogens with one attached hydrogen (secondary N) is 1. The van der Waals surface area contributed by atoms with Crippen molar-refractivity contribution < 1.29 is 14.2 Å². The Labute approximate surface area is 108 Å². The Hall–Kier alpha value is -1.13. The van der Waals surface area contributed by atoms with Crippen LogP contribution in [0.5, 0.6) is 5.75 Å². The van der Waals surface area contributed by atoms with Gasteiger partial charge in [0, 0.05) is 19.7 Å². The first-order valence-electron chi connectivity index (χ1n) is 6.35. The van der Waals surface area contributed by atoms with Gasteiger partial charge < -0.3 is 15.2 Å². The maximum absolute atomic E-state index is 13.0. The van der Waals surface area contributed by atoms with Crippen LogP contribution in [0.3, 0.4) is 0 Å². The molecule has 2 N–H and O–H groups in total. The van der Waals surface area contributed by atoms with Crippen molar-refractivity contribution in [3.63, 3.8) is 0 Å². The van der Waals surface area contributed by atoms with E-state index in [2.05, 4.69) is 19.2 Å². The van der Waals surface area contributed by atoms with Crippen LogP contribution in [-0.2, 0) is 11.3 Å². The lowest BCUT2D eigenvalue weighted by Crippen LogP contribution is -2.19. The van der Waals surface area contributed by atoms with Crippen LogP contribution in [0.1, 0.15) is 25.8 Å². The number of ether oxygens (including phenoxy) is 1. The van der Waals surface area contributed by atoms with Gasteiger partial charge in [-0.25, -0.2) is 4.39 Å². The molecule has 0 fully saturated rings. The van der Waals surface area contributed by atoms with Gasteiger partial charge in [0.1, 0.15) is 0 Å². The van der Waals surface area contributed by atoms with Crippen molar-refractivity contribution >= 4 is 0 Å². The van der Waals surface area contributed by atoms with Crippen molar-refractivity contribution in [3.8, 4) is 5.75 Å². The van der Waals surface area contributed by atoms with Gasteiger partial charge in [-0.05, 0) is 30.0 Å². The number of halogens is 1. The summed E-state index contributed by atoms with van der Waals surface area (Å²) in [5, 5.41) is 12.2. The molecular weight excluding hydrogens is 233 g/mol. The summed E-state index contributed by atoms with van der Waals surface area (Å²) in [5.41, 5.74) is 0.812. The zero-order valence-corrected chi connectivity index (χ0v) is 11.1.